The van der Waals surface area contributed by atoms with Crippen molar-refractivity contribution in [3.05, 3.63) is 0 Å². The summed E-state index contributed by atoms with van der Waals surface area (Å²) in [6.45, 7) is 19.1. The van der Waals surface area contributed by atoms with Gasteiger partial charge >= 0.3 is 0 Å². The molecule has 1 fully saturated rings. The molecule has 0 aromatic rings. The summed E-state index contributed by atoms with van der Waals surface area (Å²) in [6.07, 6.45) is 2.77. The van der Waals surface area contributed by atoms with Gasteiger partial charge in [-0.2, -0.15) is 0 Å². The molecule has 1 heteroatoms. The minimum absolute atomic E-state index is 0.425. The van der Waals surface area contributed by atoms with Crippen molar-refractivity contribution >= 4 is 5.71 Å². The minimum Gasteiger partial charge on any atom is -0.289 e. The Morgan fingerprint density at radius 3 is 1.85 bits per heavy atom. The van der Waals surface area contributed by atoms with E-state index < -0.39 is 0 Å². The van der Waals surface area contributed by atoms with Gasteiger partial charge in [0, 0.05) is 11.1 Å². The molecule has 0 bridgehead atoms. The van der Waals surface area contributed by atoms with E-state index >= 15 is 0 Å². The molecule has 0 aromatic heterocycles. The number of rotatable bonds is 3. The van der Waals surface area contributed by atoms with E-state index in [0.717, 1.165) is 23.7 Å². The number of nitrogens with zero attached hydrogens (tertiary/aromatic N) is 1. The topological polar surface area (TPSA) is 12.4 Å². The van der Waals surface area contributed by atoms with Crippen LogP contribution in [0.1, 0.15) is 68.2 Å². The molecule has 0 amide bonds. The number of hydrogen-bond donors (Lipinski definition) is 0. The van der Waals surface area contributed by atoms with Crippen molar-refractivity contribution in [2.45, 2.75) is 74.3 Å². The Labute approximate surface area is 126 Å². The average molecular weight is 277 g/mol. The summed E-state index contributed by atoms with van der Waals surface area (Å²) in [5.74, 6) is 4.44. The second kappa shape index (κ2) is 5.46. The first kappa shape index (κ1) is 16.0. The van der Waals surface area contributed by atoms with Crippen molar-refractivity contribution in [3.8, 4) is 0 Å². The van der Waals surface area contributed by atoms with Crippen LogP contribution in [0.25, 0.3) is 0 Å². The van der Waals surface area contributed by atoms with Gasteiger partial charge in [-0.1, -0.05) is 55.4 Å². The van der Waals surface area contributed by atoms with Gasteiger partial charge in [-0.25, -0.2) is 0 Å². The molecule has 1 nitrogen and oxygen atoms in total. The molecule has 1 spiro atoms. The van der Waals surface area contributed by atoms with Crippen LogP contribution in [0.2, 0.25) is 0 Å². The van der Waals surface area contributed by atoms with Crippen molar-refractivity contribution in [2.24, 2.45) is 45.9 Å². The zero-order valence-corrected chi connectivity index (χ0v) is 14.9. The Morgan fingerprint density at radius 2 is 1.50 bits per heavy atom. The van der Waals surface area contributed by atoms with Crippen LogP contribution in [0, 0.1) is 40.9 Å². The van der Waals surface area contributed by atoms with Gasteiger partial charge in [0.2, 0.25) is 0 Å². The van der Waals surface area contributed by atoms with E-state index in [-0.39, 0.29) is 0 Å². The Bertz CT molecular complexity index is 369. The second-order valence-corrected chi connectivity index (χ2v) is 8.59. The molecule has 116 valence electrons. The molecule has 0 aromatic carbocycles. The highest BCUT2D eigenvalue weighted by molar-refractivity contribution is 5.94. The van der Waals surface area contributed by atoms with Crippen LogP contribution in [0.3, 0.4) is 0 Å². The third-order valence-corrected chi connectivity index (χ3v) is 6.33. The quantitative estimate of drug-likeness (QED) is 0.651. The second-order valence-electron chi connectivity index (χ2n) is 8.59. The van der Waals surface area contributed by atoms with E-state index in [0.29, 0.717) is 23.3 Å². The van der Waals surface area contributed by atoms with E-state index in [4.69, 9.17) is 4.99 Å². The monoisotopic (exact) mass is 277 g/mol. The Hall–Kier alpha value is -0.330. The zero-order valence-electron chi connectivity index (χ0n) is 14.9. The van der Waals surface area contributed by atoms with Crippen molar-refractivity contribution in [1.29, 1.82) is 0 Å². The first-order valence-corrected chi connectivity index (χ1v) is 8.79. The maximum absolute atomic E-state index is 5.38. The zero-order chi connectivity index (χ0) is 15.2. The normalized spacial score (nSPS) is 41.5. The molecule has 2 aliphatic rings. The lowest BCUT2D eigenvalue weighted by Crippen LogP contribution is -2.59. The predicted octanol–water partition coefficient (Wildman–Crippen LogP) is 5.45. The lowest BCUT2D eigenvalue weighted by atomic mass is 9.46. The fraction of sp³-hybridized carbons (Fsp3) is 0.947. The van der Waals surface area contributed by atoms with E-state index in [1.165, 1.54) is 12.8 Å². The van der Waals surface area contributed by atoms with E-state index in [2.05, 4.69) is 55.4 Å². The van der Waals surface area contributed by atoms with Crippen molar-refractivity contribution in [1.82, 2.24) is 0 Å². The molecule has 4 atom stereocenters. The van der Waals surface area contributed by atoms with Gasteiger partial charge in [0.25, 0.3) is 0 Å². The highest BCUT2D eigenvalue weighted by Crippen LogP contribution is 2.60. The van der Waals surface area contributed by atoms with Crippen molar-refractivity contribution < 1.29 is 0 Å². The molecule has 1 aliphatic carbocycles. The maximum atomic E-state index is 5.38. The third-order valence-electron chi connectivity index (χ3n) is 6.33. The van der Waals surface area contributed by atoms with Crippen LogP contribution in [0.5, 0.6) is 0 Å². The van der Waals surface area contributed by atoms with Crippen LogP contribution >= 0.6 is 0 Å². The third kappa shape index (κ3) is 2.25. The Morgan fingerprint density at radius 1 is 0.950 bits per heavy atom. The molecule has 4 unspecified atom stereocenters. The number of hydrogen-bond acceptors (Lipinski definition) is 1. The van der Waals surface area contributed by atoms with Gasteiger partial charge in [-0.3, -0.25) is 4.99 Å². The maximum Gasteiger partial charge on any atom is 0.0553 e. The first-order chi connectivity index (χ1) is 9.21. The molecule has 2 rings (SSSR count). The molecule has 1 saturated carbocycles. The summed E-state index contributed by atoms with van der Waals surface area (Å²) in [5.41, 5.74) is 1.98. The van der Waals surface area contributed by atoms with E-state index in [9.17, 15) is 0 Å². The molecule has 20 heavy (non-hydrogen) atoms. The highest BCUT2D eigenvalue weighted by atomic mass is 14.9. The van der Waals surface area contributed by atoms with Gasteiger partial charge in [0.05, 0.1) is 6.04 Å². The lowest BCUT2D eigenvalue weighted by Gasteiger charge is -2.60. The molecule has 1 aliphatic heterocycles. The molecular formula is C19H35N. The first-order valence-electron chi connectivity index (χ1n) is 8.79. The van der Waals surface area contributed by atoms with Crippen LogP contribution in [0.4, 0.5) is 0 Å². The van der Waals surface area contributed by atoms with Gasteiger partial charge < -0.3 is 0 Å². The SMILES string of the molecule is CC(C)C1=NC(C(C)C)C(C(C)C)CC12C(C)CC2C. The van der Waals surface area contributed by atoms with Gasteiger partial charge in [-0.05, 0) is 48.3 Å². The van der Waals surface area contributed by atoms with Gasteiger partial charge in [0.1, 0.15) is 0 Å². The molecule has 0 radical (unpaired) electrons. The summed E-state index contributed by atoms with van der Waals surface area (Å²) in [7, 11) is 0. The summed E-state index contributed by atoms with van der Waals surface area (Å²) in [4.78, 5) is 5.38. The predicted molar refractivity (Wildman–Crippen MR) is 89.2 cm³/mol. The number of aliphatic imine (C=N–C) groups is 1. The summed E-state index contributed by atoms with van der Waals surface area (Å²) in [6, 6.07) is 0.540. The largest absolute Gasteiger partial charge is 0.289 e. The van der Waals surface area contributed by atoms with Crippen LogP contribution < -0.4 is 0 Å². The average Bonchev–Trinajstić information content (AvgIpc) is 2.36. The molecule has 0 saturated heterocycles. The fourth-order valence-corrected chi connectivity index (χ4v) is 5.14. The Kier molecular flexibility index (Phi) is 4.38. The molecule has 1 heterocycles. The van der Waals surface area contributed by atoms with Gasteiger partial charge in [0.15, 0.2) is 0 Å². The highest BCUT2D eigenvalue weighted by Gasteiger charge is 2.57. The van der Waals surface area contributed by atoms with Gasteiger partial charge in [-0.15, -0.1) is 0 Å². The molecular weight excluding hydrogens is 242 g/mol. The van der Waals surface area contributed by atoms with Crippen molar-refractivity contribution in [3.63, 3.8) is 0 Å². The summed E-state index contributed by atoms with van der Waals surface area (Å²) >= 11 is 0. The molecule has 0 N–H and O–H groups in total. The lowest BCUT2D eigenvalue weighted by molar-refractivity contribution is -0.0142. The standard InChI is InChI=1S/C19H35N/c1-11(2)16-10-19(14(7)9-15(19)8)18(13(5)6)20-17(16)12(3)4/h11-17H,9-10H2,1-8H3. The van der Waals surface area contributed by atoms with Crippen LogP contribution in [-0.2, 0) is 0 Å². The van der Waals surface area contributed by atoms with E-state index in [1.807, 2.05) is 0 Å². The fourth-order valence-electron chi connectivity index (χ4n) is 5.14. The minimum atomic E-state index is 0.425. The smallest absolute Gasteiger partial charge is 0.0553 e. The summed E-state index contributed by atoms with van der Waals surface area (Å²) < 4.78 is 0. The van der Waals surface area contributed by atoms with Crippen molar-refractivity contribution in [2.75, 3.05) is 0 Å². The van der Waals surface area contributed by atoms with Crippen LogP contribution in [-0.4, -0.2) is 11.8 Å². The Balaban J connectivity index is 2.46. The van der Waals surface area contributed by atoms with E-state index in [1.54, 1.807) is 5.71 Å². The van der Waals surface area contributed by atoms with Crippen LogP contribution in [0.15, 0.2) is 4.99 Å². The summed E-state index contributed by atoms with van der Waals surface area (Å²) in [5, 5.41) is 0.